The normalized spacial score (nSPS) is 10.6. The number of benzene rings is 1. The van der Waals surface area contributed by atoms with Crippen molar-refractivity contribution >= 4 is 5.91 Å². The lowest BCUT2D eigenvalue weighted by Gasteiger charge is -2.09. The number of aromatic nitrogens is 4. The Kier molecular flexibility index (Phi) is 4.88. The number of aromatic amines is 1. The quantitative estimate of drug-likeness (QED) is 0.560. The lowest BCUT2D eigenvalue weighted by molar-refractivity contribution is 0.0946. The molecule has 3 aromatic heterocycles. The smallest absolute Gasteiger partial charge is 0.269 e. The molecule has 7 heteroatoms. The average molecular weight is 373 g/mol. The van der Waals surface area contributed by atoms with E-state index in [0.717, 1.165) is 22.4 Å². The van der Waals surface area contributed by atoms with Crippen molar-refractivity contribution in [2.75, 3.05) is 0 Å². The molecule has 0 saturated heterocycles. The molecule has 1 aromatic carbocycles. The Morgan fingerprint density at radius 2 is 1.79 bits per heavy atom. The highest BCUT2D eigenvalue weighted by Gasteiger charge is 2.13. The Balaban J connectivity index is 1.48. The summed E-state index contributed by atoms with van der Waals surface area (Å²) in [5.41, 5.74) is 4.24. The SMILES string of the molecule is O=C(NCc1cccnc1-c1ccncc1)c1cc(-c2ccc(F)cc2)n[nH]1. The molecule has 0 atom stereocenters. The van der Waals surface area contributed by atoms with Crippen molar-refractivity contribution in [1.29, 1.82) is 0 Å². The van der Waals surface area contributed by atoms with Gasteiger partial charge in [-0.15, -0.1) is 0 Å². The number of hydrogen-bond donors (Lipinski definition) is 2. The first-order valence-corrected chi connectivity index (χ1v) is 8.64. The van der Waals surface area contributed by atoms with Gasteiger partial charge in [-0.25, -0.2) is 4.39 Å². The van der Waals surface area contributed by atoms with E-state index in [2.05, 4.69) is 25.5 Å². The molecule has 138 valence electrons. The maximum Gasteiger partial charge on any atom is 0.269 e. The molecule has 0 spiro atoms. The molecule has 6 nitrogen and oxygen atoms in total. The van der Waals surface area contributed by atoms with E-state index in [0.29, 0.717) is 17.9 Å². The molecule has 0 aliphatic carbocycles. The van der Waals surface area contributed by atoms with Gasteiger partial charge in [-0.2, -0.15) is 5.10 Å². The summed E-state index contributed by atoms with van der Waals surface area (Å²) in [5, 5.41) is 9.72. The Hall–Kier alpha value is -3.87. The maximum absolute atomic E-state index is 13.1. The number of carbonyl (C=O) groups is 1. The standard InChI is InChI=1S/C21H16FN5O/c22-17-5-3-14(4-6-17)18-12-19(27-26-18)21(28)25-13-16-2-1-9-24-20(16)15-7-10-23-11-8-15/h1-12H,13H2,(H,25,28)(H,26,27). The molecule has 3 heterocycles. The van der Waals surface area contributed by atoms with Crippen LogP contribution < -0.4 is 5.32 Å². The van der Waals surface area contributed by atoms with Crippen LogP contribution in [0, 0.1) is 5.82 Å². The summed E-state index contributed by atoms with van der Waals surface area (Å²) in [5.74, 6) is -0.607. The van der Waals surface area contributed by atoms with Gasteiger partial charge in [-0.1, -0.05) is 6.07 Å². The maximum atomic E-state index is 13.1. The first-order chi connectivity index (χ1) is 13.7. The van der Waals surface area contributed by atoms with Gasteiger partial charge in [0.25, 0.3) is 5.91 Å². The van der Waals surface area contributed by atoms with Gasteiger partial charge in [0.05, 0.1) is 11.4 Å². The highest BCUT2D eigenvalue weighted by molar-refractivity contribution is 5.93. The van der Waals surface area contributed by atoms with Crippen molar-refractivity contribution in [3.05, 3.63) is 90.3 Å². The second-order valence-electron chi connectivity index (χ2n) is 6.10. The van der Waals surface area contributed by atoms with Gasteiger partial charge in [-0.3, -0.25) is 19.9 Å². The molecule has 1 amide bonds. The molecule has 4 aromatic rings. The van der Waals surface area contributed by atoms with E-state index in [1.165, 1.54) is 12.1 Å². The lowest BCUT2D eigenvalue weighted by Crippen LogP contribution is -2.23. The second-order valence-corrected chi connectivity index (χ2v) is 6.10. The third kappa shape index (κ3) is 3.78. The number of nitrogens with one attached hydrogen (secondary N) is 2. The van der Waals surface area contributed by atoms with Crippen molar-refractivity contribution < 1.29 is 9.18 Å². The van der Waals surface area contributed by atoms with Crippen LogP contribution in [-0.2, 0) is 6.54 Å². The zero-order valence-corrected chi connectivity index (χ0v) is 14.8. The minimum Gasteiger partial charge on any atom is -0.347 e. The van der Waals surface area contributed by atoms with Gasteiger partial charge in [-0.05, 0) is 54.1 Å². The first kappa shape index (κ1) is 17.5. The third-order valence-electron chi connectivity index (χ3n) is 4.25. The summed E-state index contributed by atoms with van der Waals surface area (Å²) >= 11 is 0. The van der Waals surface area contributed by atoms with Crippen molar-refractivity contribution in [2.24, 2.45) is 0 Å². The van der Waals surface area contributed by atoms with Crippen molar-refractivity contribution in [3.8, 4) is 22.5 Å². The highest BCUT2D eigenvalue weighted by Crippen LogP contribution is 2.21. The molecule has 2 N–H and O–H groups in total. The topological polar surface area (TPSA) is 83.6 Å². The fraction of sp³-hybridized carbons (Fsp3) is 0.0476. The summed E-state index contributed by atoms with van der Waals surface area (Å²) in [4.78, 5) is 20.9. The molecular formula is C21H16FN5O. The van der Waals surface area contributed by atoms with Crippen LogP contribution >= 0.6 is 0 Å². The number of hydrogen-bond acceptors (Lipinski definition) is 4. The third-order valence-corrected chi connectivity index (χ3v) is 4.25. The Morgan fingerprint density at radius 3 is 2.57 bits per heavy atom. The van der Waals surface area contributed by atoms with Gasteiger partial charge in [0.15, 0.2) is 0 Å². The summed E-state index contributed by atoms with van der Waals surface area (Å²) in [6.45, 7) is 0.315. The summed E-state index contributed by atoms with van der Waals surface area (Å²) in [7, 11) is 0. The molecular weight excluding hydrogens is 357 g/mol. The van der Waals surface area contributed by atoms with Crippen LogP contribution in [-0.4, -0.2) is 26.1 Å². The van der Waals surface area contributed by atoms with Crippen molar-refractivity contribution in [2.45, 2.75) is 6.54 Å². The van der Waals surface area contributed by atoms with Crippen LogP contribution in [0.2, 0.25) is 0 Å². The molecule has 28 heavy (non-hydrogen) atoms. The molecule has 0 fully saturated rings. The predicted octanol–water partition coefficient (Wildman–Crippen LogP) is 3.60. The van der Waals surface area contributed by atoms with Crippen LogP contribution in [0.4, 0.5) is 4.39 Å². The second kappa shape index (κ2) is 7.79. The number of halogens is 1. The first-order valence-electron chi connectivity index (χ1n) is 8.64. The van der Waals surface area contributed by atoms with Crippen LogP contribution in [0.15, 0.2) is 73.2 Å². The number of rotatable bonds is 5. The lowest BCUT2D eigenvalue weighted by atomic mass is 10.1. The van der Waals surface area contributed by atoms with E-state index in [9.17, 15) is 9.18 Å². The number of carbonyl (C=O) groups excluding carboxylic acids is 1. The minimum atomic E-state index is -0.321. The van der Waals surface area contributed by atoms with Crippen LogP contribution in [0.1, 0.15) is 16.1 Å². The van der Waals surface area contributed by atoms with Crippen LogP contribution in [0.3, 0.4) is 0 Å². The summed E-state index contributed by atoms with van der Waals surface area (Å²) < 4.78 is 13.1. The largest absolute Gasteiger partial charge is 0.347 e. The summed E-state index contributed by atoms with van der Waals surface area (Å²) in [6, 6.07) is 15.1. The van der Waals surface area contributed by atoms with Gasteiger partial charge in [0.1, 0.15) is 11.5 Å². The molecule has 0 aliphatic heterocycles. The van der Waals surface area contributed by atoms with Gasteiger partial charge >= 0.3 is 0 Å². The van der Waals surface area contributed by atoms with E-state index in [1.807, 2.05) is 24.3 Å². The van der Waals surface area contributed by atoms with E-state index in [-0.39, 0.29) is 11.7 Å². The zero-order chi connectivity index (χ0) is 19.3. The molecule has 0 radical (unpaired) electrons. The van der Waals surface area contributed by atoms with Crippen LogP contribution in [0.5, 0.6) is 0 Å². The highest BCUT2D eigenvalue weighted by atomic mass is 19.1. The number of H-pyrrole nitrogens is 1. The fourth-order valence-corrected chi connectivity index (χ4v) is 2.83. The van der Waals surface area contributed by atoms with E-state index >= 15 is 0 Å². The molecule has 0 saturated carbocycles. The van der Waals surface area contributed by atoms with Crippen molar-refractivity contribution in [3.63, 3.8) is 0 Å². The van der Waals surface area contributed by atoms with Gasteiger partial charge < -0.3 is 5.32 Å². The Morgan fingerprint density at radius 1 is 1.00 bits per heavy atom. The summed E-state index contributed by atoms with van der Waals surface area (Å²) in [6.07, 6.45) is 5.12. The van der Waals surface area contributed by atoms with Gasteiger partial charge in [0.2, 0.25) is 0 Å². The van der Waals surface area contributed by atoms with E-state index in [4.69, 9.17) is 0 Å². The Bertz CT molecular complexity index is 1090. The van der Waals surface area contributed by atoms with E-state index in [1.54, 1.807) is 36.8 Å². The predicted molar refractivity (Wildman–Crippen MR) is 103 cm³/mol. The van der Waals surface area contributed by atoms with E-state index < -0.39 is 0 Å². The average Bonchev–Trinajstić information content (AvgIpc) is 3.24. The fourth-order valence-electron chi connectivity index (χ4n) is 2.83. The molecule has 0 bridgehead atoms. The molecule has 0 unspecified atom stereocenters. The zero-order valence-electron chi connectivity index (χ0n) is 14.8. The number of pyridine rings is 2. The Labute approximate surface area is 160 Å². The number of nitrogens with zero attached hydrogens (tertiary/aromatic N) is 3. The van der Waals surface area contributed by atoms with Crippen LogP contribution in [0.25, 0.3) is 22.5 Å². The minimum absolute atomic E-state index is 0.287. The monoisotopic (exact) mass is 373 g/mol. The molecule has 0 aliphatic rings. The van der Waals surface area contributed by atoms with Crippen molar-refractivity contribution in [1.82, 2.24) is 25.5 Å². The van der Waals surface area contributed by atoms with Gasteiger partial charge in [0, 0.05) is 36.3 Å². The molecule has 4 rings (SSSR count). The number of amides is 1.